The first-order valence-electron chi connectivity index (χ1n) is 7.61. The molecule has 1 aromatic carbocycles. The number of nitrogens with one attached hydrogen (secondary N) is 1. The van der Waals surface area contributed by atoms with Crippen LogP contribution in [0.2, 0.25) is 0 Å². The van der Waals surface area contributed by atoms with E-state index >= 15 is 0 Å². The number of aromatic nitrogens is 2. The lowest BCUT2D eigenvalue weighted by Crippen LogP contribution is -2.44. The van der Waals surface area contributed by atoms with Crippen LogP contribution in [0.25, 0.3) is 0 Å². The molecule has 1 atom stereocenters. The lowest BCUT2D eigenvalue weighted by molar-refractivity contribution is -0.144. The third kappa shape index (κ3) is 7.18. The fraction of sp³-hybridized carbons (Fsp3) is 0.375. The van der Waals surface area contributed by atoms with Gasteiger partial charge in [0.25, 0.3) is 0 Å². The van der Waals surface area contributed by atoms with Gasteiger partial charge in [-0.3, -0.25) is 4.79 Å². The van der Waals surface area contributed by atoms with Crippen LogP contribution in [0, 0.1) is 0 Å². The lowest BCUT2D eigenvalue weighted by Gasteiger charge is -2.16. The number of ether oxygens (including phenoxy) is 1. The van der Waals surface area contributed by atoms with Crippen molar-refractivity contribution < 1.29 is 14.3 Å². The van der Waals surface area contributed by atoms with Crippen LogP contribution in [0.3, 0.4) is 0 Å². The zero-order valence-electron chi connectivity index (χ0n) is 14.3. The Labute approximate surface area is 169 Å². The fourth-order valence-corrected chi connectivity index (χ4v) is 4.90. The largest absolute Gasteiger partial charge is 0.467 e. The molecule has 2 rings (SSSR count). The summed E-state index contributed by atoms with van der Waals surface area (Å²) in [6, 6.07) is 9.30. The van der Waals surface area contributed by atoms with E-state index in [-0.39, 0.29) is 11.7 Å². The second kappa shape index (κ2) is 11.5. The standard InChI is InChI=1S/C16H19N3O3S4/c1-22-14(21)12(9-24-8-11-6-4-3-5-7-11)17-13(20)10-25-16-18-15(23-2)19-26-16/h3-7,12H,8-10H2,1-2H3,(H,17,20). The Kier molecular flexibility index (Phi) is 9.30. The first-order chi connectivity index (χ1) is 12.6. The number of rotatable bonds is 10. The summed E-state index contributed by atoms with van der Waals surface area (Å²) in [5, 5.41) is 3.44. The molecule has 140 valence electrons. The number of carbonyl (C=O) groups excluding carboxylic acids is 2. The molecule has 1 unspecified atom stereocenters. The normalized spacial score (nSPS) is 11.8. The topological polar surface area (TPSA) is 81.2 Å². The quantitative estimate of drug-likeness (QED) is 0.456. The monoisotopic (exact) mass is 429 g/mol. The number of hydrogen-bond acceptors (Lipinski definition) is 9. The third-order valence-corrected chi connectivity index (χ3v) is 6.72. The van der Waals surface area contributed by atoms with Crippen molar-refractivity contribution in [2.75, 3.05) is 24.9 Å². The molecular formula is C16H19N3O3S4. The van der Waals surface area contributed by atoms with Crippen molar-refractivity contribution >= 4 is 58.7 Å². The van der Waals surface area contributed by atoms with Crippen molar-refractivity contribution in [1.29, 1.82) is 0 Å². The highest BCUT2D eigenvalue weighted by atomic mass is 32.2. The molecule has 10 heteroatoms. The van der Waals surface area contributed by atoms with Gasteiger partial charge in [-0.25, -0.2) is 9.78 Å². The first kappa shape index (κ1) is 21.1. The van der Waals surface area contributed by atoms with Gasteiger partial charge in [0.1, 0.15) is 6.04 Å². The number of benzene rings is 1. The summed E-state index contributed by atoms with van der Waals surface area (Å²) in [6.07, 6.45) is 1.90. The molecule has 1 amide bonds. The molecule has 0 bridgehead atoms. The van der Waals surface area contributed by atoms with Crippen LogP contribution in [0.1, 0.15) is 5.56 Å². The number of carbonyl (C=O) groups is 2. The van der Waals surface area contributed by atoms with E-state index < -0.39 is 12.0 Å². The van der Waals surface area contributed by atoms with Gasteiger partial charge >= 0.3 is 5.97 Å². The van der Waals surface area contributed by atoms with Gasteiger partial charge < -0.3 is 10.1 Å². The summed E-state index contributed by atoms with van der Waals surface area (Å²) in [4.78, 5) is 28.4. The minimum absolute atomic E-state index is 0.180. The van der Waals surface area contributed by atoms with Gasteiger partial charge in [-0.05, 0) is 23.4 Å². The summed E-state index contributed by atoms with van der Waals surface area (Å²) in [6.45, 7) is 0. The molecule has 6 nitrogen and oxygen atoms in total. The van der Waals surface area contributed by atoms with Gasteiger partial charge in [0.15, 0.2) is 4.34 Å². The molecule has 0 aliphatic heterocycles. The average Bonchev–Trinajstić information content (AvgIpc) is 3.14. The van der Waals surface area contributed by atoms with E-state index in [9.17, 15) is 9.59 Å². The predicted octanol–water partition coefficient (Wildman–Crippen LogP) is 2.94. The Morgan fingerprint density at radius 3 is 2.73 bits per heavy atom. The highest BCUT2D eigenvalue weighted by Gasteiger charge is 2.21. The lowest BCUT2D eigenvalue weighted by atomic mass is 10.2. The first-order valence-corrected chi connectivity index (χ1v) is 11.8. The molecule has 0 fully saturated rings. The molecule has 1 N–H and O–H groups in total. The van der Waals surface area contributed by atoms with Crippen LogP contribution < -0.4 is 5.32 Å². The number of nitrogens with zero attached hydrogens (tertiary/aromatic N) is 2. The molecule has 1 heterocycles. The highest BCUT2D eigenvalue weighted by molar-refractivity contribution is 8.01. The third-order valence-electron chi connectivity index (χ3n) is 3.12. The maximum atomic E-state index is 12.2. The molecular weight excluding hydrogens is 410 g/mol. The van der Waals surface area contributed by atoms with Crippen LogP contribution >= 0.6 is 46.8 Å². The van der Waals surface area contributed by atoms with Gasteiger partial charge in [0, 0.05) is 11.5 Å². The summed E-state index contributed by atoms with van der Waals surface area (Å²) in [5.41, 5.74) is 1.17. The van der Waals surface area contributed by atoms with Crippen molar-refractivity contribution in [3.05, 3.63) is 35.9 Å². The molecule has 26 heavy (non-hydrogen) atoms. The van der Waals surface area contributed by atoms with Crippen molar-refractivity contribution in [2.24, 2.45) is 0 Å². The number of methoxy groups -OCH3 is 1. The smallest absolute Gasteiger partial charge is 0.329 e. The van der Waals surface area contributed by atoms with Crippen molar-refractivity contribution in [3.63, 3.8) is 0 Å². The van der Waals surface area contributed by atoms with E-state index in [1.165, 1.54) is 47.7 Å². The van der Waals surface area contributed by atoms with Gasteiger partial charge in [-0.2, -0.15) is 16.1 Å². The van der Waals surface area contributed by atoms with Gasteiger partial charge in [0.05, 0.1) is 12.9 Å². The second-order valence-corrected chi connectivity index (χ2v) is 8.76. The Bertz CT molecular complexity index is 712. The highest BCUT2D eigenvalue weighted by Crippen LogP contribution is 2.23. The summed E-state index contributed by atoms with van der Waals surface area (Å²) < 4.78 is 9.68. The second-order valence-electron chi connectivity index (χ2n) is 4.98. The number of hydrogen-bond donors (Lipinski definition) is 1. The predicted molar refractivity (Wildman–Crippen MR) is 109 cm³/mol. The Morgan fingerprint density at radius 1 is 1.31 bits per heavy atom. The average molecular weight is 430 g/mol. The van der Waals surface area contributed by atoms with E-state index in [1.54, 1.807) is 11.8 Å². The van der Waals surface area contributed by atoms with Crippen molar-refractivity contribution in [1.82, 2.24) is 14.7 Å². The Hall–Kier alpha value is -1.23. The number of esters is 1. The summed E-state index contributed by atoms with van der Waals surface area (Å²) >= 11 is 5.60. The van der Waals surface area contributed by atoms with E-state index in [0.29, 0.717) is 10.9 Å². The molecule has 0 saturated heterocycles. The van der Waals surface area contributed by atoms with Crippen LogP contribution in [0.4, 0.5) is 0 Å². The minimum atomic E-state index is -0.669. The molecule has 0 spiro atoms. The number of amides is 1. The van der Waals surface area contributed by atoms with Gasteiger partial charge in [-0.1, -0.05) is 53.9 Å². The molecule has 0 aliphatic carbocycles. The maximum Gasteiger partial charge on any atom is 0.329 e. The zero-order chi connectivity index (χ0) is 18.8. The van der Waals surface area contributed by atoms with Crippen LogP contribution in [0.5, 0.6) is 0 Å². The van der Waals surface area contributed by atoms with Gasteiger partial charge in [-0.15, -0.1) is 0 Å². The number of thioether (sulfide) groups is 3. The van der Waals surface area contributed by atoms with Gasteiger partial charge in [0.2, 0.25) is 11.1 Å². The maximum absolute atomic E-state index is 12.2. The fourth-order valence-electron chi connectivity index (χ4n) is 1.88. The van der Waals surface area contributed by atoms with Crippen molar-refractivity contribution in [3.8, 4) is 0 Å². The van der Waals surface area contributed by atoms with E-state index in [4.69, 9.17) is 4.74 Å². The molecule has 0 radical (unpaired) electrons. The minimum Gasteiger partial charge on any atom is -0.467 e. The van der Waals surface area contributed by atoms with Crippen LogP contribution in [-0.2, 0) is 20.1 Å². The van der Waals surface area contributed by atoms with E-state index in [0.717, 1.165) is 10.1 Å². The zero-order valence-corrected chi connectivity index (χ0v) is 17.6. The Balaban J connectivity index is 1.80. The van der Waals surface area contributed by atoms with E-state index in [2.05, 4.69) is 14.7 Å². The summed E-state index contributed by atoms with van der Waals surface area (Å²) in [5.74, 6) is 0.727. The molecule has 2 aromatic rings. The van der Waals surface area contributed by atoms with Crippen molar-refractivity contribution in [2.45, 2.75) is 21.3 Å². The van der Waals surface area contributed by atoms with Crippen LogP contribution in [-0.4, -0.2) is 52.1 Å². The SMILES string of the molecule is COC(=O)C(CSCc1ccccc1)NC(=O)CSc1nc(SC)ns1. The molecule has 0 saturated carbocycles. The summed E-state index contributed by atoms with van der Waals surface area (Å²) in [7, 11) is 1.32. The molecule has 1 aromatic heterocycles. The Morgan fingerprint density at radius 2 is 2.08 bits per heavy atom. The molecule has 0 aliphatic rings. The van der Waals surface area contributed by atoms with E-state index in [1.807, 2.05) is 36.6 Å². The van der Waals surface area contributed by atoms with Crippen LogP contribution in [0.15, 0.2) is 39.8 Å².